The molecular formula is C26H38N8O3. The van der Waals surface area contributed by atoms with Gasteiger partial charge in [0.15, 0.2) is 22.8 Å². The Morgan fingerprint density at radius 1 is 0.973 bits per heavy atom. The van der Waals surface area contributed by atoms with Crippen LogP contribution < -0.4 is 21.7 Å². The minimum absolute atomic E-state index is 0.0293. The number of anilines is 3. The number of Topliss-reactive ketones (excluding diaryl/α,β-unsaturated/α-hetero) is 2. The van der Waals surface area contributed by atoms with Crippen molar-refractivity contribution < 1.29 is 14.4 Å². The van der Waals surface area contributed by atoms with E-state index in [1.54, 1.807) is 30.5 Å². The van der Waals surface area contributed by atoms with Gasteiger partial charge in [0.2, 0.25) is 5.95 Å². The number of aromatic nitrogens is 4. The van der Waals surface area contributed by atoms with Crippen LogP contribution in [0, 0.1) is 0 Å². The molecule has 5 N–H and O–H groups in total. The number of nitrogen functional groups attached to an aromatic ring is 2. The number of hydrogen-bond donors (Lipinski definition) is 3. The molecule has 2 heterocycles. The van der Waals surface area contributed by atoms with E-state index in [9.17, 15) is 14.4 Å². The van der Waals surface area contributed by atoms with E-state index < -0.39 is 6.04 Å². The summed E-state index contributed by atoms with van der Waals surface area (Å²) in [6.45, 7) is 11.3. The van der Waals surface area contributed by atoms with Gasteiger partial charge in [-0.3, -0.25) is 9.59 Å². The summed E-state index contributed by atoms with van der Waals surface area (Å²) in [4.78, 5) is 54.1. The molecule has 200 valence electrons. The first-order valence-corrected chi connectivity index (χ1v) is 12.3. The van der Waals surface area contributed by atoms with Gasteiger partial charge in [-0.05, 0) is 44.5 Å². The third kappa shape index (κ3) is 9.10. The number of ketones is 2. The van der Waals surface area contributed by atoms with Crippen molar-refractivity contribution in [2.45, 2.75) is 67.0 Å². The Balaban J connectivity index is 0.00000163. The topological polar surface area (TPSA) is 170 Å². The fourth-order valence-corrected chi connectivity index (χ4v) is 3.23. The highest BCUT2D eigenvalue weighted by atomic mass is 16.2. The van der Waals surface area contributed by atoms with Crippen LogP contribution in [0.5, 0.6) is 0 Å². The maximum Gasteiger partial charge on any atom is 0.251 e. The Morgan fingerprint density at radius 3 is 2.16 bits per heavy atom. The van der Waals surface area contributed by atoms with Crippen molar-refractivity contribution in [2.75, 3.05) is 23.4 Å². The molecule has 0 fully saturated rings. The number of rotatable bonds is 9. The van der Waals surface area contributed by atoms with Crippen molar-refractivity contribution in [1.82, 2.24) is 25.3 Å². The van der Waals surface area contributed by atoms with Crippen LogP contribution in [0.25, 0.3) is 11.2 Å². The Hall–Kier alpha value is -4.15. The molecule has 1 amide bonds. The van der Waals surface area contributed by atoms with Crippen LogP contribution in [-0.4, -0.2) is 50.5 Å². The van der Waals surface area contributed by atoms with Crippen molar-refractivity contribution in [3.63, 3.8) is 0 Å². The van der Waals surface area contributed by atoms with E-state index >= 15 is 0 Å². The monoisotopic (exact) mass is 510 g/mol. The summed E-state index contributed by atoms with van der Waals surface area (Å²) in [5.74, 6) is -0.388. The second kappa shape index (κ2) is 15.1. The SMILES string of the molecule is CC.CC.CC(=O)CCC(NC(=O)c1ccc(N(C)Cc2cnc3nc(N)nc(N)c3n2)cc1)C(C)=O. The molecule has 1 unspecified atom stereocenters. The third-order valence-electron chi connectivity index (χ3n) is 5.05. The Bertz CT molecular complexity index is 1200. The number of benzene rings is 1. The van der Waals surface area contributed by atoms with Crippen LogP contribution in [-0.2, 0) is 16.1 Å². The van der Waals surface area contributed by atoms with E-state index in [1.165, 1.54) is 13.8 Å². The van der Waals surface area contributed by atoms with Crippen LogP contribution in [0.15, 0.2) is 30.5 Å². The minimum Gasteiger partial charge on any atom is -0.382 e. The van der Waals surface area contributed by atoms with Gasteiger partial charge in [0.25, 0.3) is 5.91 Å². The van der Waals surface area contributed by atoms with E-state index in [1.807, 2.05) is 39.6 Å². The van der Waals surface area contributed by atoms with Gasteiger partial charge in [0, 0.05) is 24.7 Å². The Labute approximate surface area is 218 Å². The molecule has 1 aromatic carbocycles. The van der Waals surface area contributed by atoms with Crippen LogP contribution in [0.4, 0.5) is 17.5 Å². The molecule has 37 heavy (non-hydrogen) atoms. The number of hydrogen-bond acceptors (Lipinski definition) is 10. The van der Waals surface area contributed by atoms with Gasteiger partial charge >= 0.3 is 0 Å². The minimum atomic E-state index is -0.693. The molecule has 11 nitrogen and oxygen atoms in total. The molecule has 0 radical (unpaired) electrons. The highest BCUT2D eigenvalue weighted by Gasteiger charge is 2.19. The number of carbonyl (C=O) groups excluding carboxylic acids is 3. The van der Waals surface area contributed by atoms with Gasteiger partial charge in [-0.1, -0.05) is 27.7 Å². The molecule has 0 aliphatic heterocycles. The maximum absolute atomic E-state index is 12.5. The lowest BCUT2D eigenvalue weighted by molar-refractivity contribution is -0.119. The summed E-state index contributed by atoms with van der Waals surface area (Å²) in [5, 5.41) is 2.70. The highest BCUT2D eigenvalue weighted by Crippen LogP contribution is 2.19. The zero-order valence-electron chi connectivity index (χ0n) is 22.7. The van der Waals surface area contributed by atoms with E-state index in [0.29, 0.717) is 29.0 Å². The molecule has 2 aromatic heterocycles. The van der Waals surface area contributed by atoms with Gasteiger partial charge in [0.05, 0.1) is 24.5 Å². The summed E-state index contributed by atoms with van der Waals surface area (Å²) < 4.78 is 0. The van der Waals surface area contributed by atoms with Crippen LogP contribution in [0.2, 0.25) is 0 Å². The predicted molar refractivity (Wildman–Crippen MR) is 147 cm³/mol. The maximum atomic E-state index is 12.5. The average molecular weight is 511 g/mol. The van der Waals surface area contributed by atoms with E-state index in [4.69, 9.17) is 11.5 Å². The molecule has 0 aliphatic rings. The molecule has 0 saturated carbocycles. The van der Waals surface area contributed by atoms with Crippen molar-refractivity contribution in [2.24, 2.45) is 0 Å². The second-order valence-electron chi connectivity index (χ2n) is 7.78. The third-order valence-corrected chi connectivity index (χ3v) is 5.05. The zero-order valence-corrected chi connectivity index (χ0v) is 22.7. The van der Waals surface area contributed by atoms with Gasteiger partial charge in [-0.25, -0.2) is 9.97 Å². The van der Waals surface area contributed by atoms with Crippen LogP contribution in [0.3, 0.4) is 0 Å². The largest absolute Gasteiger partial charge is 0.382 e. The van der Waals surface area contributed by atoms with Crippen molar-refractivity contribution in [1.29, 1.82) is 0 Å². The molecule has 0 aliphatic carbocycles. The number of nitrogens with zero attached hydrogens (tertiary/aromatic N) is 5. The quantitative estimate of drug-likeness (QED) is 0.388. The Kier molecular flexibility index (Phi) is 12.6. The van der Waals surface area contributed by atoms with Gasteiger partial charge in [0.1, 0.15) is 5.78 Å². The van der Waals surface area contributed by atoms with Gasteiger partial charge in [-0.2, -0.15) is 9.97 Å². The summed E-state index contributed by atoms with van der Waals surface area (Å²) >= 11 is 0. The first kappa shape index (κ1) is 30.9. The van der Waals surface area contributed by atoms with Gasteiger partial charge < -0.3 is 26.5 Å². The lowest BCUT2D eigenvalue weighted by Crippen LogP contribution is -2.40. The standard InChI is InChI=1S/C22H26N8O3.2C2H6/c1-12(31)4-9-17(13(2)32)27-21(33)14-5-7-16(8-6-14)30(3)11-15-10-25-20-18(26-15)19(23)28-22(24)29-20;2*1-2/h5-8,10,17H,4,9,11H2,1-3H3,(H,27,33)(H4,23,24,25,28,29);2*1-2H3. The van der Waals surface area contributed by atoms with Gasteiger partial charge in [-0.15, -0.1) is 0 Å². The summed E-state index contributed by atoms with van der Waals surface area (Å²) in [6, 6.07) is 6.23. The predicted octanol–water partition coefficient (Wildman–Crippen LogP) is 3.33. The Morgan fingerprint density at radius 2 is 1.59 bits per heavy atom. The number of nitrogens with one attached hydrogen (secondary N) is 1. The number of fused-ring (bicyclic) bond motifs is 1. The van der Waals surface area contributed by atoms with Crippen LogP contribution >= 0.6 is 0 Å². The molecule has 11 heteroatoms. The summed E-state index contributed by atoms with van der Waals surface area (Å²) in [6.07, 6.45) is 2.11. The number of carbonyl (C=O) groups is 3. The first-order chi connectivity index (χ1) is 17.6. The van der Waals surface area contributed by atoms with Crippen molar-refractivity contribution >= 4 is 46.1 Å². The molecule has 0 spiro atoms. The molecule has 3 rings (SSSR count). The van der Waals surface area contributed by atoms with Crippen LogP contribution in [0.1, 0.15) is 70.4 Å². The lowest BCUT2D eigenvalue weighted by Gasteiger charge is -2.20. The smallest absolute Gasteiger partial charge is 0.251 e. The first-order valence-electron chi connectivity index (χ1n) is 12.3. The normalized spacial score (nSPS) is 10.8. The van der Waals surface area contributed by atoms with Crippen molar-refractivity contribution in [3.05, 3.63) is 41.7 Å². The summed E-state index contributed by atoms with van der Waals surface area (Å²) in [7, 11) is 1.87. The molecule has 1 atom stereocenters. The molecule has 3 aromatic rings. The van der Waals surface area contributed by atoms with Crippen molar-refractivity contribution in [3.8, 4) is 0 Å². The van der Waals surface area contributed by atoms with E-state index in [2.05, 4.69) is 25.3 Å². The molecular weight excluding hydrogens is 472 g/mol. The second-order valence-corrected chi connectivity index (χ2v) is 7.78. The zero-order chi connectivity index (χ0) is 28.1. The molecule has 0 saturated heterocycles. The average Bonchev–Trinajstić information content (AvgIpc) is 2.88. The fraction of sp³-hybridized carbons (Fsp3) is 0.423. The number of nitrogens with two attached hydrogens (primary N) is 2. The molecule has 0 bridgehead atoms. The fourth-order valence-electron chi connectivity index (χ4n) is 3.23. The van der Waals surface area contributed by atoms with E-state index in [-0.39, 0.29) is 42.1 Å². The number of amides is 1. The lowest BCUT2D eigenvalue weighted by atomic mass is 10.1. The summed E-state index contributed by atoms with van der Waals surface area (Å²) in [5.41, 5.74) is 14.1. The highest BCUT2D eigenvalue weighted by molar-refractivity contribution is 5.98. The van der Waals surface area contributed by atoms with E-state index in [0.717, 1.165) is 5.69 Å².